The number of rotatable bonds is 0. The first-order valence-corrected chi connectivity index (χ1v) is 5.49. The SMILES string of the molecule is C[C@@]12CCCC[C@]1(O)[C@@H](O)CCC2. The average molecular weight is 184 g/mol. The zero-order chi connectivity index (χ0) is 9.53. The molecule has 2 N–H and O–H groups in total. The zero-order valence-electron chi connectivity index (χ0n) is 8.42. The van der Waals surface area contributed by atoms with Crippen molar-refractivity contribution in [3.05, 3.63) is 0 Å². The van der Waals surface area contributed by atoms with Crippen LogP contribution in [0.15, 0.2) is 0 Å². The maximum atomic E-state index is 10.5. The summed E-state index contributed by atoms with van der Waals surface area (Å²) in [5.41, 5.74) is -0.785. The molecule has 0 amide bonds. The molecule has 0 saturated heterocycles. The van der Waals surface area contributed by atoms with Crippen LogP contribution in [0.25, 0.3) is 0 Å². The highest BCUT2D eigenvalue weighted by Crippen LogP contribution is 2.52. The number of fused-ring (bicyclic) bond motifs is 1. The van der Waals surface area contributed by atoms with Crippen LogP contribution in [-0.2, 0) is 0 Å². The van der Waals surface area contributed by atoms with Crippen LogP contribution >= 0.6 is 0 Å². The predicted octanol–water partition coefficient (Wildman–Crippen LogP) is 1.84. The van der Waals surface area contributed by atoms with Crippen molar-refractivity contribution in [1.82, 2.24) is 0 Å². The van der Waals surface area contributed by atoms with Crippen LogP contribution in [0.3, 0.4) is 0 Å². The topological polar surface area (TPSA) is 40.5 Å². The van der Waals surface area contributed by atoms with Crippen molar-refractivity contribution in [2.45, 2.75) is 63.6 Å². The molecule has 0 unspecified atom stereocenters. The Bertz CT molecular complexity index is 200. The Labute approximate surface area is 80.0 Å². The average Bonchev–Trinajstić information content (AvgIpc) is 2.09. The van der Waals surface area contributed by atoms with Crippen LogP contribution < -0.4 is 0 Å². The third-order valence-corrected chi connectivity index (χ3v) is 4.34. The molecule has 3 atom stereocenters. The maximum Gasteiger partial charge on any atom is 0.0958 e. The molecule has 2 fully saturated rings. The van der Waals surface area contributed by atoms with E-state index in [0.29, 0.717) is 0 Å². The van der Waals surface area contributed by atoms with Gasteiger partial charge in [-0.1, -0.05) is 26.2 Å². The summed E-state index contributed by atoms with van der Waals surface area (Å²) < 4.78 is 0. The Morgan fingerprint density at radius 2 is 1.69 bits per heavy atom. The highest BCUT2D eigenvalue weighted by atomic mass is 16.3. The van der Waals surface area contributed by atoms with E-state index in [1.165, 1.54) is 6.42 Å². The van der Waals surface area contributed by atoms with E-state index in [1.807, 2.05) is 0 Å². The maximum absolute atomic E-state index is 10.5. The zero-order valence-corrected chi connectivity index (χ0v) is 8.42. The first-order chi connectivity index (χ1) is 6.08. The molecule has 0 spiro atoms. The minimum Gasteiger partial charge on any atom is -0.390 e. The van der Waals surface area contributed by atoms with Gasteiger partial charge in [-0.05, 0) is 31.1 Å². The molecular weight excluding hydrogens is 164 g/mol. The van der Waals surface area contributed by atoms with E-state index >= 15 is 0 Å². The second-order valence-electron chi connectivity index (χ2n) is 5.10. The molecule has 0 aromatic rings. The molecule has 2 saturated carbocycles. The molecule has 2 aliphatic carbocycles. The van der Waals surface area contributed by atoms with E-state index in [-0.39, 0.29) is 5.41 Å². The van der Waals surface area contributed by atoms with E-state index in [4.69, 9.17) is 0 Å². The minimum absolute atomic E-state index is 0.0110. The van der Waals surface area contributed by atoms with Crippen LogP contribution in [0.5, 0.6) is 0 Å². The molecular formula is C11H20O2. The lowest BCUT2D eigenvalue weighted by atomic mass is 9.56. The van der Waals surface area contributed by atoms with Crippen LogP contribution in [0, 0.1) is 5.41 Å². The highest BCUT2D eigenvalue weighted by Gasteiger charge is 2.54. The Kier molecular flexibility index (Phi) is 2.16. The van der Waals surface area contributed by atoms with Gasteiger partial charge in [0.2, 0.25) is 0 Å². The predicted molar refractivity (Wildman–Crippen MR) is 51.4 cm³/mol. The van der Waals surface area contributed by atoms with Gasteiger partial charge in [-0.3, -0.25) is 0 Å². The van der Waals surface area contributed by atoms with Crippen molar-refractivity contribution in [2.24, 2.45) is 5.41 Å². The first kappa shape index (κ1) is 9.47. The quantitative estimate of drug-likeness (QED) is 0.603. The van der Waals surface area contributed by atoms with Crippen LogP contribution in [0.2, 0.25) is 0 Å². The normalized spacial score (nSPS) is 51.5. The summed E-state index contributed by atoms with van der Waals surface area (Å²) in [4.78, 5) is 0. The van der Waals surface area contributed by atoms with Gasteiger partial charge in [0.15, 0.2) is 0 Å². The van der Waals surface area contributed by atoms with Gasteiger partial charge in [-0.15, -0.1) is 0 Å². The second-order valence-corrected chi connectivity index (χ2v) is 5.10. The Balaban J connectivity index is 2.27. The van der Waals surface area contributed by atoms with Crippen molar-refractivity contribution in [1.29, 1.82) is 0 Å². The summed E-state index contributed by atoms with van der Waals surface area (Å²) in [6, 6.07) is 0. The van der Waals surface area contributed by atoms with E-state index in [1.54, 1.807) is 0 Å². The number of aliphatic hydroxyl groups is 2. The van der Waals surface area contributed by atoms with Crippen molar-refractivity contribution < 1.29 is 10.2 Å². The third-order valence-electron chi connectivity index (χ3n) is 4.34. The smallest absolute Gasteiger partial charge is 0.0958 e. The monoisotopic (exact) mass is 184 g/mol. The van der Waals surface area contributed by atoms with Crippen LogP contribution in [0.4, 0.5) is 0 Å². The lowest BCUT2D eigenvalue weighted by Gasteiger charge is -2.54. The molecule has 0 aromatic heterocycles. The van der Waals surface area contributed by atoms with E-state index in [9.17, 15) is 10.2 Å². The molecule has 2 heteroatoms. The summed E-state index contributed by atoms with van der Waals surface area (Å²) in [7, 11) is 0. The third kappa shape index (κ3) is 1.23. The molecule has 0 aromatic carbocycles. The van der Waals surface area contributed by atoms with Gasteiger partial charge in [-0.25, -0.2) is 0 Å². The molecule has 13 heavy (non-hydrogen) atoms. The van der Waals surface area contributed by atoms with Gasteiger partial charge >= 0.3 is 0 Å². The fourth-order valence-corrected chi connectivity index (χ4v) is 3.26. The number of hydrogen-bond acceptors (Lipinski definition) is 2. The van der Waals surface area contributed by atoms with Crippen molar-refractivity contribution in [3.8, 4) is 0 Å². The Morgan fingerprint density at radius 1 is 1.08 bits per heavy atom. The lowest BCUT2D eigenvalue weighted by Crippen LogP contribution is -2.59. The minimum atomic E-state index is -0.774. The number of hydrogen-bond donors (Lipinski definition) is 2. The molecule has 2 nitrogen and oxygen atoms in total. The number of aliphatic hydroxyl groups excluding tert-OH is 1. The second kappa shape index (κ2) is 2.96. The van der Waals surface area contributed by atoms with Gasteiger partial charge in [0.25, 0.3) is 0 Å². The van der Waals surface area contributed by atoms with Gasteiger partial charge in [0, 0.05) is 0 Å². The molecule has 2 rings (SSSR count). The van der Waals surface area contributed by atoms with Crippen molar-refractivity contribution in [2.75, 3.05) is 0 Å². The van der Waals surface area contributed by atoms with Gasteiger partial charge in [0.05, 0.1) is 11.7 Å². The van der Waals surface area contributed by atoms with Gasteiger partial charge < -0.3 is 10.2 Å². The molecule has 0 aliphatic heterocycles. The summed E-state index contributed by atoms with van der Waals surface area (Å²) in [6.07, 6.45) is 6.62. The van der Waals surface area contributed by atoms with Gasteiger partial charge in [0.1, 0.15) is 0 Å². The lowest BCUT2D eigenvalue weighted by molar-refractivity contribution is -0.196. The fourth-order valence-electron chi connectivity index (χ4n) is 3.26. The van der Waals surface area contributed by atoms with Crippen molar-refractivity contribution >= 4 is 0 Å². The Hall–Kier alpha value is -0.0800. The molecule has 0 radical (unpaired) electrons. The molecule has 76 valence electrons. The Morgan fingerprint density at radius 3 is 2.38 bits per heavy atom. The van der Waals surface area contributed by atoms with E-state index in [2.05, 4.69) is 6.92 Å². The van der Waals surface area contributed by atoms with E-state index in [0.717, 1.165) is 38.5 Å². The van der Waals surface area contributed by atoms with Crippen LogP contribution in [-0.4, -0.2) is 21.9 Å². The van der Waals surface area contributed by atoms with Crippen molar-refractivity contribution in [3.63, 3.8) is 0 Å². The standard InChI is InChI=1S/C11H20O2/c1-10-6-2-3-8-11(10,13)9(12)5-4-7-10/h9,12-13H,2-8H2,1H3/t9-,10-,11-/m0/s1. The summed E-state index contributed by atoms with van der Waals surface area (Å²) in [6.45, 7) is 2.15. The largest absolute Gasteiger partial charge is 0.390 e. The highest BCUT2D eigenvalue weighted by molar-refractivity contribution is 5.05. The van der Waals surface area contributed by atoms with Crippen LogP contribution in [0.1, 0.15) is 51.9 Å². The molecule has 2 aliphatic rings. The summed E-state index contributed by atoms with van der Waals surface area (Å²) >= 11 is 0. The van der Waals surface area contributed by atoms with E-state index < -0.39 is 11.7 Å². The summed E-state index contributed by atoms with van der Waals surface area (Å²) in [5, 5.41) is 20.3. The summed E-state index contributed by atoms with van der Waals surface area (Å²) in [5.74, 6) is 0. The first-order valence-electron chi connectivity index (χ1n) is 5.49. The van der Waals surface area contributed by atoms with Gasteiger partial charge in [-0.2, -0.15) is 0 Å². The molecule has 0 heterocycles. The molecule has 0 bridgehead atoms. The fraction of sp³-hybridized carbons (Fsp3) is 1.00.